The highest BCUT2D eigenvalue weighted by atomic mass is 16.2. The predicted octanol–water partition coefficient (Wildman–Crippen LogP) is 1.99. The number of hydrogen-bond donors (Lipinski definition) is 1. The van der Waals surface area contributed by atoms with Crippen molar-refractivity contribution in [1.29, 1.82) is 0 Å². The van der Waals surface area contributed by atoms with Crippen molar-refractivity contribution in [2.45, 2.75) is 33.2 Å². The van der Waals surface area contributed by atoms with Crippen molar-refractivity contribution in [2.24, 2.45) is 5.41 Å². The van der Waals surface area contributed by atoms with E-state index in [9.17, 15) is 4.79 Å². The Hall–Kier alpha value is -1.88. The quantitative estimate of drug-likeness (QED) is 0.943. The molecule has 22 heavy (non-hydrogen) atoms. The van der Waals surface area contributed by atoms with Crippen molar-refractivity contribution >= 4 is 11.6 Å². The Balaban J connectivity index is 1.66. The Morgan fingerprint density at radius 2 is 2.14 bits per heavy atom. The molecule has 1 N–H and O–H groups in total. The summed E-state index contributed by atoms with van der Waals surface area (Å²) in [6, 6.07) is 4.05. The van der Waals surface area contributed by atoms with Gasteiger partial charge in [-0.15, -0.1) is 0 Å². The van der Waals surface area contributed by atoms with Gasteiger partial charge in [0.25, 0.3) is 0 Å². The molecule has 1 aliphatic rings. The zero-order valence-corrected chi connectivity index (χ0v) is 13.6. The summed E-state index contributed by atoms with van der Waals surface area (Å²) in [6.07, 6.45) is 5.80. The van der Waals surface area contributed by atoms with Crippen LogP contribution in [-0.2, 0) is 11.3 Å². The lowest BCUT2D eigenvalue weighted by atomic mass is 9.79. The molecule has 1 fully saturated rings. The molecule has 0 atom stereocenters. The van der Waals surface area contributed by atoms with E-state index in [0.29, 0.717) is 6.54 Å². The summed E-state index contributed by atoms with van der Waals surface area (Å²) in [5.74, 6) is 0.148. The number of likely N-dealkylation sites (tertiary alicyclic amines) is 1. The van der Waals surface area contributed by atoms with Crippen LogP contribution in [0.25, 0.3) is 5.65 Å². The predicted molar refractivity (Wildman–Crippen MR) is 86.6 cm³/mol. The van der Waals surface area contributed by atoms with E-state index in [0.717, 1.165) is 42.8 Å². The Labute approximate surface area is 131 Å². The molecule has 5 heteroatoms. The first kappa shape index (κ1) is 15.0. The summed E-state index contributed by atoms with van der Waals surface area (Å²) >= 11 is 0. The number of imidazole rings is 1. The molecule has 0 spiro atoms. The third kappa shape index (κ3) is 2.86. The van der Waals surface area contributed by atoms with Crippen LogP contribution in [0.5, 0.6) is 0 Å². The van der Waals surface area contributed by atoms with Crippen LogP contribution < -0.4 is 5.32 Å². The Bertz CT molecular complexity index is 683. The van der Waals surface area contributed by atoms with E-state index in [1.807, 2.05) is 35.9 Å². The SMILES string of the molecule is Cc1cccn2cc(CNC(=O)C3(C)CCN(C)CC3)nc12. The average Bonchev–Trinajstić information content (AvgIpc) is 2.92. The second-order valence-electron chi connectivity index (χ2n) is 6.70. The van der Waals surface area contributed by atoms with Gasteiger partial charge in [0, 0.05) is 17.8 Å². The van der Waals surface area contributed by atoms with Gasteiger partial charge in [-0.1, -0.05) is 13.0 Å². The van der Waals surface area contributed by atoms with Crippen molar-refractivity contribution in [3.05, 3.63) is 35.8 Å². The van der Waals surface area contributed by atoms with Crippen LogP contribution in [-0.4, -0.2) is 40.3 Å². The molecule has 0 aromatic carbocycles. The van der Waals surface area contributed by atoms with E-state index >= 15 is 0 Å². The zero-order chi connectivity index (χ0) is 15.7. The van der Waals surface area contributed by atoms with Crippen LogP contribution in [0.15, 0.2) is 24.5 Å². The molecular weight excluding hydrogens is 276 g/mol. The van der Waals surface area contributed by atoms with E-state index in [1.165, 1.54) is 0 Å². The maximum absolute atomic E-state index is 12.5. The lowest BCUT2D eigenvalue weighted by Crippen LogP contribution is -2.46. The van der Waals surface area contributed by atoms with Crippen LogP contribution in [0, 0.1) is 12.3 Å². The average molecular weight is 300 g/mol. The second kappa shape index (κ2) is 5.72. The molecule has 0 radical (unpaired) electrons. The minimum Gasteiger partial charge on any atom is -0.350 e. The van der Waals surface area contributed by atoms with Gasteiger partial charge in [0.05, 0.1) is 12.2 Å². The van der Waals surface area contributed by atoms with Crippen molar-refractivity contribution in [3.8, 4) is 0 Å². The normalized spacial score (nSPS) is 18.5. The summed E-state index contributed by atoms with van der Waals surface area (Å²) in [5.41, 5.74) is 2.75. The molecule has 0 aliphatic carbocycles. The smallest absolute Gasteiger partial charge is 0.226 e. The van der Waals surface area contributed by atoms with Crippen LogP contribution in [0.4, 0.5) is 0 Å². The molecule has 2 aromatic heterocycles. The number of carbonyl (C=O) groups excluding carboxylic acids is 1. The number of piperidine rings is 1. The zero-order valence-electron chi connectivity index (χ0n) is 13.6. The highest BCUT2D eigenvalue weighted by molar-refractivity contribution is 5.82. The number of amides is 1. The topological polar surface area (TPSA) is 49.6 Å². The van der Waals surface area contributed by atoms with E-state index in [-0.39, 0.29) is 11.3 Å². The fourth-order valence-corrected chi connectivity index (χ4v) is 3.01. The van der Waals surface area contributed by atoms with Gasteiger partial charge in [-0.2, -0.15) is 0 Å². The van der Waals surface area contributed by atoms with E-state index < -0.39 is 0 Å². The summed E-state index contributed by atoms with van der Waals surface area (Å²) in [7, 11) is 2.11. The highest BCUT2D eigenvalue weighted by Crippen LogP contribution is 2.30. The van der Waals surface area contributed by atoms with Crippen LogP contribution in [0.3, 0.4) is 0 Å². The van der Waals surface area contributed by atoms with Gasteiger partial charge >= 0.3 is 0 Å². The number of rotatable bonds is 3. The summed E-state index contributed by atoms with van der Waals surface area (Å²) < 4.78 is 2.01. The number of aromatic nitrogens is 2. The first-order valence-corrected chi connectivity index (χ1v) is 7.88. The number of carbonyl (C=O) groups is 1. The number of aryl methyl sites for hydroxylation is 1. The van der Waals surface area contributed by atoms with Gasteiger partial charge in [0.15, 0.2) is 0 Å². The number of nitrogens with one attached hydrogen (secondary N) is 1. The lowest BCUT2D eigenvalue weighted by Gasteiger charge is -2.36. The molecule has 2 aromatic rings. The van der Waals surface area contributed by atoms with Gasteiger partial charge in [0.2, 0.25) is 5.91 Å². The molecule has 0 unspecified atom stereocenters. The molecule has 118 valence electrons. The molecule has 0 saturated carbocycles. The molecule has 3 rings (SSSR count). The summed E-state index contributed by atoms with van der Waals surface area (Å²) in [6.45, 7) is 6.58. The molecule has 0 bridgehead atoms. The maximum atomic E-state index is 12.5. The second-order valence-corrected chi connectivity index (χ2v) is 6.70. The first-order valence-electron chi connectivity index (χ1n) is 7.88. The van der Waals surface area contributed by atoms with E-state index in [1.54, 1.807) is 0 Å². The van der Waals surface area contributed by atoms with Crippen molar-refractivity contribution in [2.75, 3.05) is 20.1 Å². The number of fused-ring (bicyclic) bond motifs is 1. The number of nitrogens with zero attached hydrogens (tertiary/aromatic N) is 3. The highest BCUT2D eigenvalue weighted by Gasteiger charge is 2.35. The Kier molecular flexibility index (Phi) is 3.91. The summed E-state index contributed by atoms with van der Waals surface area (Å²) in [5, 5.41) is 3.07. The minimum absolute atomic E-state index is 0.148. The monoisotopic (exact) mass is 300 g/mol. The third-order valence-electron chi connectivity index (χ3n) is 4.80. The molecular formula is C17H24N4O. The maximum Gasteiger partial charge on any atom is 0.226 e. The minimum atomic E-state index is -0.248. The Morgan fingerprint density at radius 1 is 1.41 bits per heavy atom. The van der Waals surface area contributed by atoms with Crippen molar-refractivity contribution in [1.82, 2.24) is 19.6 Å². The fourth-order valence-electron chi connectivity index (χ4n) is 3.01. The fraction of sp³-hybridized carbons (Fsp3) is 0.529. The van der Waals surface area contributed by atoms with Gasteiger partial charge < -0.3 is 14.6 Å². The molecule has 3 heterocycles. The van der Waals surface area contributed by atoms with Crippen LogP contribution >= 0.6 is 0 Å². The van der Waals surface area contributed by atoms with Gasteiger partial charge in [0.1, 0.15) is 5.65 Å². The third-order valence-corrected chi connectivity index (χ3v) is 4.80. The van der Waals surface area contributed by atoms with Crippen LogP contribution in [0.1, 0.15) is 31.0 Å². The molecule has 1 aliphatic heterocycles. The number of hydrogen-bond acceptors (Lipinski definition) is 3. The van der Waals surface area contributed by atoms with Crippen molar-refractivity contribution < 1.29 is 4.79 Å². The van der Waals surface area contributed by atoms with Gasteiger partial charge in [-0.05, 0) is 51.5 Å². The Morgan fingerprint density at radius 3 is 2.82 bits per heavy atom. The van der Waals surface area contributed by atoms with Gasteiger partial charge in [-0.3, -0.25) is 4.79 Å². The van der Waals surface area contributed by atoms with E-state index in [2.05, 4.69) is 29.2 Å². The first-order chi connectivity index (χ1) is 10.5. The van der Waals surface area contributed by atoms with Crippen molar-refractivity contribution in [3.63, 3.8) is 0 Å². The summed E-state index contributed by atoms with van der Waals surface area (Å²) in [4.78, 5) is 19.4. The largest absolute Gasteiger partial charge is 0.350 e. The molecule has 1 amide bonds. The van der Waals surface area contributed by atoms with Gasteiger partial charge in [-0.25, -0.2) is 4.98 Å². The van der Waals surface area contributed by atoms with E-state index in [4.69, 9.17) is 0 Å². The number of pyridine rings is 1. The lowest BCUT2D eigenvalue weighted by molar-refractivity contribution is -0.132. The molecule has 1 saturated heterocycles. The standard InChI is InChI=1S/C17H24N4O/c1-13-5-4-8-21-12-14(19-15(13)21)11-18-16(22)17(2)6-9-20(3)10-7-17/h4-5,8,12H,6-7,9-11H2,1-3H3,(H,18,22). The van der Waals surface area contributed by atoms with Crippen LogP contribution in [0.2, 0.25) is 0 Å². The molecule has 5 nitrogen and oxygen atoms in total.